The van der Waals surface area contributed by atoms with Gasteiger partial charge in [-0.25, -0.2) is 0 Å². The first-order chi connectivity index (χ1) is 8.41. The first-order valence-corrected chi connectivity index (χ1v) is 7.17. The molecule has 1 heteroatoms. The first kappa shape index (κ1) is 16.1. The van der Waals surface area contributed by atoms with Gasteiger partial charge in [0.15, 0.2) is 0 Å². The number of allylic oxidation sites excluding steroid dienone is 4. The van der Waals surface area contributed by atoms with E-state index < -0.39 is 0 Å². The minimum Gasteiger partial charge on any atom is -0.303 e. The van der Waals surface area contributed by atoms with Gasteiger partial charge in [0, 0.05) is 6.42 Å². The van der Waals surface area contributed by atoms with Crippen molar-refractivity contribution >= 4 is 6.29 Å². The zero-order valence-electron chi connectivity index (χ0n) is 11.4. The molecule has 0 N–H and O–H groups in total. The topological polar surface area (TPSA) is 17.1 Å². The second kappa shape index (κ2) is 15.1. The Morgan fingerprint density at radius 2 is 1.24 bits per heavy atom. The van der Waals surface area contributed by atoms with Gasteiger partial charge < -0.3 is 4.79 Å². The number of hydrogen-bond acceptors (Lipinski definition) is 1. The average Bonchev–Trinajstić information content (AvgIpc) is 2.35. The summed E-state index contributed by atoms with van der Waals surface area (Å²) >= 11 is 0. The van der Waals surface area contributed by atoms with Gasteiger partial charge in [-0.15, -0.1) is 0 Å². The van der Waals surface area contributed by atoms with Gasteiger partial charge in [-0.05, 0) is 32.1 Å². The minimum atomic E-state index is 0.724. The van der Waals surface area contributed by atoms with Crippen molar-refractivity contribution in [3.8, 4) is 0 Å². The Kier molecular flexibility index (Phi) is 14.4. The van der Waals surface area contributed by atoms with Crippen LogP contribution in [0.25, 0.3) is 0 Å². The van der Waals surface area contributed by atoms with Crippen molar-refractivity contribution in [2.75, 3.05) is 0 Å². The molecule has 0 aromatic rings. The number of aldehydes is 1. The number of carbonyl (C=O) groups is 1. The van der Waals surface area contributed by atoms with E-state index in [4.69, 9.17) is 0 Å². The maximum Gasteiger partial charge on any atom is 0.119 e. The van der Waals surface area contributed by atoms with E-state index in [-0.39, 0.29) is 0 Å². The molecule has 0 rings (SSSR count). The molecule has 0 heterocycles. The molecule has 98 valence electrons. The lowest BCUT2D eigenvalue weighted by molar-refractivity contribution is -0.107. The summed E-state index contributed by atoms with van der Waals surface area (Å²) in [6.45, 7) is 2.24. The van der Waals surface area contributed by atoms with Crippen molar-refractivity contribution in [2.24, 2.45) is 0 Å². The third kappa shape index (κ3) is 15.1. The van der Waals surface area contributed by atoms with Gasteiger partial charge in [0.25, 0.3) is 0 Å². The number of hydrogen-bond donors (Lipinski definition) is 0. The standard InChI is InChI=1S/C16H28O/c1-2-3-4-5-6-7-8-9-10-11-12-13-14-15-16-17/h7-10,16H,2-6,11-15H2,1H3/b8-7+,10-9-. The van der Waals surface area contributed by atoms with Crippen LogP contribution < -0.4 is 0 Å². The fraction of sp³-hybridized carbons (Fsp3) is 0.688. The summed E-state index contributed by atoms with van der Waals surface area (Å²) in [7, 11) is 0. The van der Waals surface area contributed by atoms with Crippen molar-refractivity contribution < 1.29 is 4.79 Å². The Hall–Kier alpha value is -0.850. The lowest BCUT2D eigenvalue weighted by atomic mass is 10.1. The Morgan fingerprint density at radius 1 is 0.706 bits per heavy atom. The van der Waals surface area contributed by atoms with E-state index in [2.05, 4.69) is 31.2 Å². The molecule has 0 bridgehead atoms. The third-order valence-corrected chi connectivity index (χ3v) is 2.80. The van der Waals surface area contributed by atoms with Gasteiger partial charge in [0.2, 0.25) is 0 Å². The van der Waals surface area contributed by atoms with E-state index in [0.717, 1.165) is 25.5 Å². The fourth-order valence-electron chi connectivity index (χ4n) is 1.71. The molecule has 0 aromatic heterocycles. The van der Waals surface area contributed by atoms with Crippen LogP contribution in [0.5, 0.6) is 0 Å². The van der Waals surface area contributed by atoms with E-state index in [1.165, 1.54) is 44.9 Å². The molecule has 0 amide bonds. The predicted molar refractivity (Wildman–Crippen MR) is 76.2 cm³/mol. The highest BCUT2D eigenvalue weighted by Gasteiger charge is 1.86. The molecular formula is C16H28O. The Balaban J connectivity index is 3.17. The van der Waals surface area contributed by atoms with Crippen LogP contribution in [0.2, 0.25) is 0 Å². The Morgan fingerprint density at radius 3 is 1.76 bits per heavy atom. The van der Waals surface area contributed by atoms with Gasteiger partial charge in [-0.3, -0.25) is 0 Å². The molecule has 0 aliphatic rings. The maximum absolute atomic E-state index is 10.1. The van der Waals surface area contributed by atoms with Gasteiger partial charge in [0.1, 0.15) is 6.29 Å². The Bertz CT molecular complexity index is 204. The highest BCUT2D eigenvalue weighted by atomic mass is 16.1. The monoisotopic (exact) mass is 236 g/mol. The van der Waals surface area contributed by atoms with Crippen LogP contribution in [-0.4, -0.2) is 6.29 Å². The molecule has 17 heavy (non-hydrogen) atoms. The summed E-state index contributed by atoms with van der Waals surface area (Å²) in [5.74, 6) is 0. The van der Waals surface area contributed by atoms with Crippen LogP contribution in [0.3, 0.4) is 0 Å². The van der Waals surface area contributed by atoms with Gasteiger partial charge in [-0.2, -0.15) is 0 Å². The van der Waals surface area contributed by atoms with Crippen LogP contribution >= 0.6 is 0 Å². The van der Waals surface area contributed by atoms with Crippen molar-refractivity contribution in [1.82, 2.24) is 0 Å². The molecule has 0 spiro atoms. The molecule has 0 radical (unpaired) electrons. The minimum absolute atomic E-state index is 0.724. The van der Waals surface area contributed by atoms with Crippen LogP contribution in [-0.2, 0) is 4.79 Å². The molecule has 0 saturated heterocycles. The third-order valence-electron chi connectivity index (χ3n) is 2.80. The van der Waals surface area contributed by atoms with Crippen molar-refractivity contribution in [3.05, 3.63) is 24.3 Å². The molecular weight excluding hydrogens is 208 g/mol. The largest absolute Gasteiger partial charge is 0.303 e. The summed E-state index contributed by atoms with van der Waals surface area (Å²) in [6.07, 6.45) is 21.7. The quantitative estimate of drug-likeness (QED) is 0.258. The van der Waals surface area contributed by atoms with E-state index in [1.54, 1.807) is 0 Å². The fourth-order valence-corrected chi connectivity index (χ4v) is 1.71. The molecule has 0 fully saturated rings. The molecule has 0 aliphatic carbocycles. The van der Waals surface area contributed by atoms with Gasteiger partial charge in [-0.1, -0.05) is 56.9 Å². The smallest absolute Gasteiger partial charge is 0.119 e. The molecule has 0 unspecified atom stereocenters. The summed E-state index contributed by atoms with van der Waals surface area (Å²) in [4.78, 5) is 10.1. The summed E-state index contributed by atoms with van der Waals surface area (Å²) in [5, 5.41) is 0. The molecule has 0 aromatic carbocycles. The second-order valence-corrected chi connectivity index (χ2v) is 4.51. The van der Waals surface area contributed by atoms with Crippen molar-refractivity contribution in [3.63, 3.8) is 0 Å². The van der Waals surface area contributed by atoms with E-state index in [9.17, 15) is 4.79 Å². The second-order valence-electron chi connectivity index (χ2n) is 4.51. The van der Waals surface area contributed by atoms with Crippen molar-refractivity contribution in [2.45, 2.75) is 71.1 Å². The zero-order chi connectivity index (χ0) is 12.6. The van der Waals surface area contributed by atoms with Crippen LogP contribution in [0, 0.1) is 0 Å². The summed E-state index contributed by atoms with van der Waals surface area (Å²) in [5.41, 5.74) is 0. The van der Waals surface area contributed by atoms with Crippen LogP contribution in [0.4, 0.5) is 0 Å². The summed E-state index contributed by atoms with van der Waals surface area (Å²) < 4.78 is 0. The maximum atomic E-state index is 10.1. The lowest BCUT2D eigenvalue weighted by Crippen LogP contribution is -1.77. The highest BCUT2D eigenvalue weighted by molar-refractivity contribution is 5.48. The molecule has 0 atom stereocenters. The van der Waals surface area contributed by atoms with E-state index in [1.807, 2.05) is 0 Å². The number of carbonyl (C=O) groups excluding carboxylic acids is 1. The predicted octanol–water partition coefficient (Wildman–Crippen LogP) is 5.22. The summed E-state index contributed by atoms with van der Waals surface area (Å²) in [6, 6.07) is 0. The zero-order valence-corrected chi connectivity index (χ0v) is 11.4. The SMILES string of the molecule is CCCCCC/C=C/C=C\CCCCCC=O. The van der Waals surface area contributed by atoms with E-state index >= 15 is 0 Å². The first-order valence-electron chi connectivity index (χ1n) is 7.17. The van der Waals surface area contributed by atoms with E-state index in [0.29, 0.717) is 0 Å². The molecule has 0 saturated carbocycles. The van der Waals surface area contributed by atoms with Crippen LogP contribution in [0.15, 0.2) is 24.3 Å². The highest BCUT2D eigenvalue weighted by Crippen LogP contribution is 2.04. The number of rotatable bonds is 12. The Labute approximate surface area is 107 Å². The van der Waals surface area contributed by atoms with Gasteiger partial charge >= 0.3 is 0 Å². The van der Waals surface area contributed by atoms with Gasteiger partial charge in [0.05, 0.1) is 0 Å². The number of unbranched alkanes of at least 4 members (excludes halogenated alkanes) is 8. The molecule has 1 nitrogen and oxygen atoms in total. The van der Waals surface area contributed by atoms with Crippen LogP contribution in [0.1, 0.15) is 71.1 Å². The molecule has 0 aliphatic heterocycles. The normalized spacial score (nSPS) is 11.6. The van der Waals surface area contributed by atoms with Crippen molar-refractivity contribution in [1.29, 1.82) is 0 Å². The lowest BCUT2D eigenvalue weighted by Gasteiger charge is -1.93. The average molecular weight is 236 g/mol.